The summed E-state index contributed by atoms with van der Waals surface area (Å²) in [7, 11) is 0. The Bertz CT molecular complexity index is 1010. The lowest BCUT2D eigenvalue weighted by molar-refractivity contribution is -0.121. The van der Waals surface area contributed by atoms with Gasteiger partial charge in [-0.1, -0.05) is 42.1 Å². The highest BCUT2D eigenvalue weighted by Gasteiger charge is 2.26. The lowest BCUT2D eigenvalue weighted by Crippen LogP contribution is -2.53. The molecule has 7 nitrogen and oxygen atoms in total. The van der Waals surface area contributed by atoms with Gasteiger partial charge in [-0.15, -0.1) is 10.2 Å². The summed E-state index contributed by atoms with van der Waals surface area (Å²) in [5, 5.41) is 14.3. The molecule has 0 radical (unpaired) electrons. The average molecular weight is 411 g/mol. The van der Waals surface area contributed by atoms with Crippen molar-refractivity contribution in [3.8, 4) is 5.69 Å². The monoisotopic (exact) mass is 411 g/mol. The Morgan fingerprint density at radius 2 is 1.83 bits per heavy atom. The van der Waals surface area contributed by atoms with E-state index in [9.17, 15) is 14.0 Å². The van der Waals surface area contributed by atoms with Crippen molar-refractivity contribution in [1.29, 1.82) is 0 Å². The fraction of sp³-hybridized carbons (Fsp3) is 0.200. The summed E-state index contributed by atoms with van der Waals surface area (Å²) in [6.07, 6.45) is 0.559. The first-order valence-corrected chi connectivity index (χ1v) is 10.0. The number of amides is 3. The minimum atomic E-state index is -0.497. The van der Waals surface area contributed by atoms with Crippen molar-refractivity contribution in [3.63, 3.8) is 0 Å². The lowest BCUT2D eigenvalue weighted by Gasteiger charge is -2.23. The van der Waals surface area contributed by atoms with Crippen LogP contribution in [0.5, 0.6) is 0 Å². The van der Waals surface area contributed by atoms with Crippen molar-refractivity contribution in [2.24, 2.45) is 0 Å². The van der Waals surface area contributed by atoms with Gasteiger partial charge in [-0.25, -0.2) is 9.18 Å². The van der Waals surface area contributed by atoms with Crippen LogP contribution in [0.4, 0.5) is 9.18 Å². The molecule has 1 aromatic heterocycles. The van der Waals surface area contributed by atoms with E-state index in [4.69, 9.17) is 0 Å². The molecule has 1 saturated heterocycles. The normalized spacial score (nSPS) is 16.4. The number of nitrogens with zero attached hydrogens (tertiary/aromatic N) is 3. The van der Waals surface area contributed by atoms with E-state index in [-0.39, 0.29) is 24.2 Å². The number of benzene rings is 2. The summed E-state index contributed by atoms with van der Waals surface area (Å²) in [5.41, 5.74) is 1.86. The zero-order chi connectivity index (χ0) is 20.2. The van der Waals surface area contributed by atoms with Crippen LogP contribution < -0.4 is 10.6 Å². The maximum Gasteiger partial charge on any atom is 0.321 e. The summed E-state index contributed by atoms with van der Waals surface area (Å²) >= 11 is 1.49. The zero-order valence-corrected chi connectivity index (χ0v) is 16.2. The van der Waals surface area contributed by atoms with Crippen molar-refractivity contribution in [3.05, 3.63) is 71.8 Å². The van der Waals surface area contributed by atoms with Gasteiger partial charge < -0.3 is 5.32 Å². The number of aromatic nitrogens is 3. The quantitative estimate of drug-likeness (QED) is 0.609. The van der Waals surface area contributed by atoms with Crippen LogP contribution in [-0.2, 0) is 17.0 Å². The largest absolute Gasteiger partial charge is 0.334 e. The molecule has 0 bridgehead atoms. The second-order valence-corrected chi connectivity index (χ2v) is 7.55. The SMILES string of the molecule is O=C1CC(Cc2nnc(SCc3ccc(F)cc3)n2-c2ccccc2)NC(=O)N1. The molecule has 1 fully saturated rings. The Balaban J connectivity index is 1.59. The fourth-order valence-corrected chi connectivity index (χ4v) is 4.04. The number of carbonyl (C=O) groups is 2. The lowest BCUT2D eigenvalue weighted by atomic mass is 10.1. The van der Waals surface area contributed by atoms with E-state index in [2.05, 4.69) is 20.8 Å². The molecule has 1 aliphatic heterocycles. The Hall–Kier alpha value is -3.20. The number of thioether (sulfide) groups is 1. The third kappa shape index (κ3) is 4.62. The van der Waals surface area contributed by atoms with Crippen LogP contribution in [0, 0.1) is 5.82 Å². The number of rotatable bonds is 6. The molecule has 1 aliphatic rings. The number of urea groups is 1. The molecule has 1 unspecified atom stereocenters. The van der Waals surface area contributed by atoms with Gasteiger partial charge in [0.2, 0.25) is 5.91 Å². The minimum Gasteiger partial charge on any atom is -0.334 e. The zero-order valence-electron chi connectivity index (χ0n) is 15.3. The van der Waals surface area contributed by atoms with Gasteiger partial charge in [0.25, 0.3) is 0 Å². The van der Waals surface area contributed by atoms with Gasteiger partial charge in [0.1, 0.15) is 11.6 Å². The van der Waals surface area contributed by atoms with Crippen LogP contribution in [0.1, 0.15) is 17.8 Å². The van der Waals surface area contributed by atoms with Crippen molar-refractivity contribution >= 4 is 23.7 Å². The van der Waals surface area contributed by atoms with Crippen LogP contribution in [0.3, 0.4) is 0 Å². The molecule has 0 spiro atoms. The number of hydrogen-bond donors (Lipinski definition) is 2. The molecular formula is C20H18FN5O2S. The summed E-state index contributed by atoms with van der Waals surface area (Å²) < 4.78 is 15.0. The first kappa shape index (κ1) is 19.1. The van der Waals surface area contributed by atoms with Crippen molar-refractivity contribution in [2.75, 3.05) is 0 Å². The van der Waals surface area contributed by atoms with Crippen molar-refractivity contribution in [1.82, 2.24) is 25.4 Å². The van der Waals surface area contributed by atoms with Gasteiger partial charge in [-0.05, 0) is 29.8 Å². The molecule has 2 N–H and O–H groups in total. The number of halogens is 1. The summed E-state index contributed by atoms with van der Waals surface area (Å²) in [5.74, 6) is 0.675. The Kier molecular flexibility index (Phi) is 5.57. The van der Waals surface area contributed by atoms with E-state index in [1.54, 1.807) is 12.1 Å². The molecule has 3 amide bonds. The average Bonchev–Trinajstić information content (AvgIpc) is 3.10. The topological polar surface area (TPSA) is 88.9 Å². The summed E-state index contributed by atoms with van der Waals surface area (Å²) in [6.45, 7) is 0. The van der Waals surface area contributed by atoms with Gasteiger partial charge >= 0.3 is 6.03 Å². The third-order valence-corrected chi connectivity index (χ3v) is 5.44. The molecular weight excluding hydrogens is 393 g/mol. The van der Waals surface area contributed by atoms with E-state index in [0.29, 0.717) is 23.2 Å². The predicted molar refractivity (Wildman–Crippen MR) is 106 cm³/mol. The maximum absolute atomic E-state index is 13.1. The first-order chi connectivity index (χ1) is 14.1. The molecule has 148 valence electrons. The van der Waals surface area contributed by atoms with Crippen LogP contribution in [0.25, 0.3) is 5.69 Å². The highest BCUT2D eigenvalue weighted by Crippen LogP contribution is 2.26. The van der Waals surface area contributed by atoms with Gasteiger partial charge in [-0.3, -0.25) is 14.7 Å². The van der Waals surface area contributed by atoms with Gasteiger partial charge in [0.15, 0.2) is 5.16 Å². The molecule has 9 heteroatoms. The van der Waals surface area contributed by atoms with Crippen molar-refractivity contribution < 1.29 is 14.0 Å². The van der Waals surface area contributed by atoms with Crippen LogP contribution in [0.2, 0.25) is 0 Å². The Labute approximate surface area is 170 Å². The van der Waals surface area contributed by atoms with E-state index < -0.39 is 6.03 Å². The Morgan fingerprint density at radius 1 is 1.07 bits per heavy atom. The molecule has 4 rings (SSSR count). The third-order valence-electron chi connectivity index (χ3n) is 4.44. The van der Waals surface area contributed by atoms with Crippen LogP contribution >= 0.6 is 11.8 Å². The molecule has 2 heterocycles. The standard InChI is InChI=1S/C20H18FN5O2S/c21-14-8-6-13(7-9-14)12-29-20-25-24-17(26(20)16-4-2-1-3-5-16)10-15-11-18(27)23-19(28)22-15/h1-9,15H,10-12H2,(H2,22,23,27,28). The van der Waals surface area contributed by atoms with Crippen LogP contribution in [0.15, 0.2) is 59.8 Å². The predicted octanol–water partition coefficient (Wildman–Crippen LogP) is 2.84. The minimum absolute atomic E-state index is 0.186. The van der Waals surface area contributed by atoms with Gasteiger partial charge in [0.05, 0.1) is 0 Å². The number of hydrogen-bond acceptors (Lipinski definition) is 5. The van der Waals surface area contributed by atoms with Gasteiger partial charge in [0, 0.05) is 30.3 Å². The van der Waals surface area contributed by atoms with E-state index >= 15 is 0 Å². The molecule has 2 aromatic carbocycles. The number of para-hydroxylation sites is 1. The maximum atomic E-state index is 13.1. The van der Waals surface area contributed by atoms with E-state index in [0.717, 1.165) is 11.3 Å². The van der Waals surface area contributed by atoms with E-state index in [1.807, 2.05) is 34.9 Å². The number of nitrogens with one attached hydrogen (secondary N) is 2. The Morgan fingerprint density at radius 3 is 2.55 bits per heavy atom. The summed E-state index contributed by atoms with van der Waals surface area (Å²) in [4.78, 5) is 23.3. The second kappa shape index (κ2) is 8.44. The van der Waals surface area contributed by atoms with E-state index in [1.165, 1.54) is 23.9 Å². The fourth-order valence-electron chi connectivity index (χ4n) is 3.11. The smallest absolute Gasteiger partial charge is 0.321 e. The molecule has 0 aliphatic carbocycles. The van der Waals surface area contributed by atoms with Crippen LogP contribution in [-0.4, -0.2) is 32.7 Å². The van der Waals surface area contributed by atoms with Crippen molar-refractivity contribution in [2.45, 2.75) is 29.8 Å². The molecule has 3 aromatic rings. The molecule has 29 heavy (non-hydrogen) atoms. The van der Waals surface area contributed by atoms with Gasteiger partial charge in [-0.2, -0.15) is 0 Å². The highest BCUT2D eigenvalue weighted by atomic mass is 32.2. The molecule has 1 atom stereocenters. The number of carbonyl (C=O) groups excluding carboxylic acids is 2. The summed E-state index contributed by atoms with van der Waals surface area (Å²) in [6, 6.07) is 15.1. The first-order valence-electron chi connectivity index (χ1n) is 9.06. The number of imide groups is 1. The molecule has 0 saturated carbocycles. The highest BCUT2D eigenvalue weighted by molar-refractivity contribution is 7.98. The second-order valence-electron chi connectivity index (χ2n) is 6.61.